The van der Waals surface area contributed by atoms with Crippen molar-refractivity contribution in [3.05, 3.63) is 113 Å². The molecule has 2 heterocycles. The second-order valence-electron chi connectivity index (χ2n) is 15.6. The molecular formula is C45H41ClFN5O7. The van der Waals surface area contributed by atoms with Gasteiger partial charge in [-0.05, 0) is 110 Å². The molecule has 302 valence electrons. The molecule has 0 aromatic heterocycles. The number of phenolic OH excluding ortho intramolecular Hbond substituents is 1. The van der Waals surface area contributed by atoms with Crippen molar-refractivity contribution < 1.29 is 38.1 Å². The lowest BCUT2D eigenvalue weighted by Gasteiger charge is -2.47. The molecule has 2 aliphatic carbocycles. The first-order valence-electron chi connectivity index (χ1n) is 19.1. The Morgan fingerprint density at radius 3 is 2.03 bits per heavy atom. The minimum Gasteiger partial charge on any atom is -0.502 e. The molecule has 4 amide bonds. The highest BCUT2D eigenvalue weighted by molar-refractivity contribution is 6.32. The van der Waals surface area contributed by atoms with Gasteiger partial charge in [-0.25, -0.2) is 9.29 Å². The van der Waals surface area contributed by atoms with Gasteiger partial charge in [-0.2, -0.15) is 10.2 Å². The van der Waals surface area contributed by atoms with E-state index < -0.39 is 52.6 Å². The number of hydrogen-bond donors (Lipinski definition) is 1. The van der Waals surface area contributed by atoms with Crippen molar-refractivity contribution in [2.45, 2.75) is 19.8 Å². The van der Waals surface area contributed by atoms with Crippen molar-refractivity contribution in [3.8, 4) is 17.2 Å². The molecule has 6 atom stereocenters. The molecule has 0 radical (unpaired) electrons. The summed E-state index contributed by atoms with van der Waals surface area (Å²) in [4.78, 5) is 62.1. The molecule has 3 fully saturated rings. The molecule has 1 N–H and O–H groups in total. The summed E-state index contributed by atoms with van der Waals surface area (Å²) in [6.45, 7) is 1.74. The fraction of sp³-hybridized carbons (Fsp3) is 0.289. The van der Waals surface area contributed by atoms with Gasteiger partial charge in [0.25, 0.3) is 0 Å². The van der Waals surface area contributed by atoms with Crippen LogP contribution < -0.4 is 24.2 Å². The standard InChI is InChI=1S/C45H41ClFN5O7/c1-45-33(18-6-24-20-37(58-4)40(53)38(21-24)59-5)30-16-17-31-39(32(30)23-34(45)42(55)52(44(45)57)29-15-19-36(47)35(46)22-29)43(56)51(41(31)54)28-13-9-26(10-14-28)49-48-25-7-11-27(12-8-25)50(2)3/h6-16,18-22,31-34,39,53H,17,23H2,1-5H3/t31-,32+,33-,34-,39-,45-/m0/s1. The fourth-order valence-electron chi connectivity index (χ4n) is 9.16. The number of hydrogen-bond acceptors (Lipinski definition) is 10. The summed E-state index contributed by atoms with van der Waals surface area (Å²) in [6, 6.07) is 21.2. The van der Waals surface area contributed by atoms with Crippen LogP contribution in [0, 0.1) is 40.8 Å². The first kappa shape index (κ1) is 39.5. The van der Waals surface area contributed by atoms with Crippen LogP contribution in [0.2, 0.25) is 5.02 Å². The van der Waals surface area contributed by atoms with Gasteiger partial charge in [-0.3, -0.25) is 24.1 Å². The van der Waals surface area contributed by atoms with Gasteiger partial charge >= 0.3 is 0 Å². The fourth-order valence-corrected chi connectivity index (χ4v) is 9.34. The van der Waals surface area contributed by atoms with Gasteiger partial charge in [-0.1, -0.05) is 35.4 Å². The number of imide groups is 2. The van der Waals surface area contributed by atoms with E-state index in [2.05, 4.69) is 10.2 Å². The monoisotopic (exact) mass is 817 g/mol. The van der Waals surface area contributed by atoms with Crippen molar-refractivity contribution >= 4 is 69.7 Å². The van der Waals surface area contributed by atoms with Crippen LogP contribution in [0.5, 0.6) is 17.2 Å². The minimum absolute atomic E-state index is 0.131. The number of ether oxygens (including phenoxy) is 2. The van der Waals surface area contributed by atoms with Crippen LogP contribution >= 0.6 is 11.6 Å². The number of benzene rings is 4. The summed E-state index contributed by atoms with van der Waals surface area (Å²) in [5, 5.41) is 19.0. The largest absolute Gasteiger partial charge is 0.502 e. The zero-order valence-corrected chi connectivity index (χ0v) is 33.7. The third-order valence-corrected chi connectivity index (χ3v) is 12.5. The molecule has 0 spiro atoms. The SMILES string of the molecule is COc1cc(C=C[C@H]2C3=CC[C@@H]4C(=O)N(c5ccc(N=Nc6ccc(N(C)C)cc6)cc5)C(=O)[C@@H]4[C@@H]3C[C@H]3C(=O)N(c4ccc(F)c(Cl)c4)C(=O)[C@@]23C)cc(OC)c1O. The van der Waals surface area contributed by atoms with Crippen LogP contribution in [-0.4, -0.2) is 57.1 Å². The predicted molar refractivity (Wildman–Crippen MR) is 221 cm³/mol. The average Bonchev–Trinajstić information content (AvgIpc) is 3.60. The number of methoxy groups -OCH3 is 2. The van der Waals surface area contributed by atoms with Crippen LogP contribution in [0.15, 0.2) is 107 Å². The van der Waals surface area contributed by atoms with Gasteiger partial charge in [0.2, 0.25) is 29.4 Å². The molecule has 1 saturated carbocycles. The number of carbonyl (C=O) groups excluding carboxylic acids is 4. The number of allylic oxidation sites excluding steroid dienone is 3. The molecule has 0 bridgehead atoms. The van der Waals surface area contributed by atoms with E-state index in [0.29, 0.717) is 22.6 Å². The molecule has 4 aromatic carbocycles. The van der Waals surface area contributed by atoms with Crippen LogP contribution in [-0.2, 0) is 19.2 Å². The summed E-state index contributed by atoms with van der Waals surface area (Å²) in [7, 11) is 6.73. The van der Waals surface area contributed by atoms with E-state index >= 15 is 0 Å². The van der Waals surface area contributed by atoms with Gasteiger partial charge in [0.05, 0.1) is 65.2 Å². The Labute approximate surface area is 345 Å². The number of carbonyl (C=O) groups is 4. The first-order valence-corrected chi connectivity index (χ1v) is 19.5. The number of nitrogens with zero attached hydrogens (tertiary/aromatic N) is 5. The average molecular weight is 818 g/mol. The van der Waals surface area contributed by atoms with Crippen LogP contribution in [0.1, 0.15) is 25.3 Å². The van der Waals surface area contributed by atoms with E-state index in [4.69, 9.17) is 21.1 Å². The molecular weight excluding hydrogens is 777 g/mol. The smallest absolute Gasteiger partial charge is 0.241 e. The zero-order valence-electron chi connectivity index (χ0n) is 32.9. The van der Waals surface area contributed by atoms with Gasteiger partial charge in [0, 0.05) is 25.7 Å². The molecule has 8 rings (SSSR count). The highest BCUT2D eigenvalue weighted by atomic mass is 35.5. The van der Waals surface area contributed by atoms with E-state index in [-0.39, 0.29) is 52.6 Å². The number of anilines is 3. The Morgan fingerprint density at radius 1 is 0.831 bits per heavy atom. The van der Waals surface area contributed by atoms with E-state index in [1.807, 2.05) is 55.4 Å². The molecule has 12 nitrogen and oxygen atoms in total. The summed E-state index contributed by atoms with van der Waals surface area (Å²) in [6.07, 6.45) is 5.91. The van der Waals surface area contributed by atoms with Gasteiger partial charge in [-0.15, -0.1) is 0 Å². The maximum absolute atomic E-state index is 14.7. The summed E-state index contributed by atoms with van der Waals surface area (Å²) in [5.74, 6) is -5.91. The van der Waals surface area contributed by atoms with E-state index in [1.165, 1.54) is 31.3 Å². The quantitative estimate of drug-likeness (QED) is 0.101. The number of fused-ring (bicyclic) bond motifs is 4. The lowest BCUT2D eigenvalue weighted by atomic mass is 9.52. The number of aromatic hydroxyl groups is 1. The number of phenols is 1. The summed E-state index contributed by atoms with van der Waals surface area (Å²) >= 11 is 6.13. The number of rotatable bonds is 9. The van der Waals surface area contributed by atoms with Crippen LogP contribution in [0.4, 0.5) is 32.8 Å². The van der Waals surface area contributed by atoms with Crippen molar-refractivity contribution in [1.29, 1.82) is 0 Å². The highest BCUT2D eigenvalue weighted by Gasteiger charge is 2.67. The Morgan fingerprint density at radius 2 is 1.44 bits per heavy atom. The van der Waals surface area contributed by atoms with E-state index in [1.54, 1.807) is 49.4 Å². The zero-order chi connectivity index (χ0) is 41.9. The highest BCUT2D eigenvalue weighted by Crippen LogP contribution is 2.61. The third kappa shape index (κ3) is 6.53. The molecule has 4 aliphatic rings. The lowest BCUT2D eigenvalue weighted by molar-refractivity contribution is -0.132. The van der Waals surface area contributed by atoms with Crippen molar-refractivity contribution in [1.82, 2.24) is 0 Å². The third-order valence-electron chi connectivity index (χ3n) is 12.2. The molecule has 0 unspecified atom stereocenters. The second-order valence-corrected chi connectivity index (χ2v) is 16.0. The Kier molecular flexibility index (Phi) is 10.1. The second kappa shape index (κ2) is 15.1. The summed E-state index contributed by atoms with van der Waals surface area (Å²) < 4.78 is 25.0. The van der Waals surface area contributed by atoms with E-state index in [0.717, 1.165) is 22.2 Å². The van der Waals surface area contributed by atoms with Crippen molar-refractivity contribution in [3.63, 3.8) is 0 Å². The summed E-state index contributed by atoms with van der Waals surface area (Å²) in [5.41, 5.74) is 2.78. The topological polar surface area (TPSA) is 141 Å². The number of amides is 4. The van der Waals surface area contributed by atoms with Crippen LogP contribution in [0.3, 0.4) is 0 Å². The molecule has 2 saturated heterocycles. The van der Waals surface area contributed by atoms with Gasteiger partial charge < -0.3 is 19.5 Å². The number of halogens is 2. The lowest BCUT2D eigenvalue weighted by Crippen LogP contribution is -2.49. The van der Waals surface area contributed by atoms with Gasteiger partial charge in [0.1, 0.15) is 5.82 Å². The van der Waals surface area contributed by atoms with Crippen LogP contribution in [0.25, 0.3) is 6.08 Å². The minimum atomic E-state index is -1.33. The maximum Gasteiger partial charge on any atom is 0.241 e. The molecule has 59 heavy (non-hydrogen) atoms. The maximum atomic E-state index is 14.7. The predicted octanol–water partition coefficient (Wildman–Crippen LogP) is 8.66. The first-order chi connectivity index (χ1) is 28.3. The normalized spacial score (nSPS) is 25.1. The Hall–Kier alpha value is -6.34. The number of azo groups is 1. The molecule has 14 heteroatoms. The van der Waals surface area contributed by atoms with Gasteiger partial charge in [0.15, 0.2) is 11.5 Å². The Bertz CT molecular complexity index is 2460. The molecule has 2 aliphatic heterocycles. The van der Waals surface area contributed by atoms with Crippen molar-refractivity contribution in [2.24, 2.45) is 45.2 Å². The van der Waals surface area contributed by atoms with Crippen molar-refractivity contribution in [2.75, 3.05) is 43.0 Å². The van der Waals surface area contributed by atoms with E-state index in [9.17, 15) is 28.7 Å². The molecule has 4 aromatic rings. The Balaban J connectivity index is 1.13.